The SMILES string of the molecule is CC(C)(NC(=O)C1CCCC[C@@H]1N)C1C=C(C(F)(F)F)C=C(C(F)(F)F)C1. The second-order valence-corrected chi connectivity index (χ2v) is 7.86. The first-order valence-electron chi connectivity index (χ1n) is 8.86. The fourth-order valence-electron chi connectivity index (χ4n) is 3.63. The number of hydrogen-bond acceptors (Lipinski definition) is 2. The van der Waals surface area contributed by atoms with Crippen LogP contribution in [0.15, 0.2) is 23.3 Å². The Balaban J connectivity index is 2.24. The monoisotopic (exact) mass is 398 g/mol. The molecule has 0 aliphatic heterocycles. The fourth-order valence-corrected chi connectivity index (χ4v) is 3.63. The Morgan fingerprint density at radius 1 is 1.07 bits per heavy atom. The smallest absolute Gasteiger partial charge is 0.350 e. The molecule has 2 rings (SSSR count). The predicted molar refractivity (Wildman–Crippen MR) is 88.5 cm³/mol. The van der Waals surface area contributed by atoms with Gasteiger partial charge in [0.15, 0.2) is 0 Å². The lowest BCUT2D eigenvalue weighted by Crippen LogP contribution is -2.54. The third-order valence-corrected chi connectivity index (χ3v) is 5.37. The third-order valence-electron chi connectivity index (χ3n) is 5.37. The molecular formula is C18H24F6N2O. The zero-order chi connectivity index (χ0) is 20.6. The normalized spacial score (nSPS) is 27.7. The summed E-state index contributed by atoms with van der Waals surface area (Å²) in [5, 5.41) is 2.64. The van der Waals surface area contributed by atoms with E-state index < -0.39 is 53.2 Å². The lowest BCUT2D eigenvalue weighted by Gasteiger charge is -2.39. The third kappa shape index (κ3) is 5.27. The van der Waals surface area contributed by atoms with Gasteiger partial charge in [-0.05, 0) is 39.2 Å². The van der Waals surface area contributed by atoms with Crippen LogP contribution in [0.4, 0.5) is 26.3 Å². The topological polar surface area (TPSA) is 55.1 Å². The Kier molecular flexibility index (Phi) is 6.04. The van der Waals surface area contributed by atoms with Gasteiger partial charge in [-0.3, -0.25) is 4.79 Å². The maximum atomic E-state index is 13.1. The van der Waals surface area contributed by atoms with Crippen molar-refractivity contribution < 1.29 is 31.1 Å². The van der Waals surface area contributed by atoms with E-state index in [-0.39, 0.29) is 12.1 Å². The van der Waals surface area contributed by atoms with Crippen LogP contribution in [0.5, 0.6) is 0 Å². The Morgan fingerprint density at radius 2 is 1.67 bits per heavy atom. The van der Waals surface area contributed by atoms with Gasteiger partial charge < -0.3 is 11.1 Å². The number of rotatable bonds is 3. The number of alkyl halides is 6. The molecule has 1 saturated carbocycles. The minimum Gasteiger partial charge on any atom is -0.350 e. The molecule has 1 fully saturated rings. The highest BCUT2D eigenvalue weighted by Crippen LogP contribution is 2.42. The van der Waals surface area contributed by atoms with Crippen molar-refractivity contribution in [3.63, 3.8) is 0 Å². The first-order valence-corrected chi connectivity index (χ1v) is 8.86. The molecule has 9 heteroatoms. The fraction of sp³-hybridized carbons (Fsp3) is 0.722. The van der Waals surface area contributed by atoms with E-state index in [4.69, 9.17) is 5.73 Å². The summed E-state index contributed by atoms with van der Waals surface area (Å²) in [7, 11) is 0. The number of hydrogen-bond donors (Lipinski definition) is 2. The van der Waals surface area contributed by atoms with Crippen molar-refractivity contribution in [1.29, 1.82) is 0 Å². The van der Waals surface area contributed by atoms with E-state index in [2.05, 4.69) is 5.32 Å². The molecule has 0 spiro atoms. The zero-order valence-corrected chi connectivity index (χ0v) is 15.2. The number of allylic oxidation sites excluding steroid dienone is 3. The summed E-state index contributed by atoms with van der Waals surface area (Å²) < 4.78 is 78.6. The highest BCUT2D eigenvalue weighted by molar-refractivity contribution is 5.80. The van der Waals surface area contributed by atoms with Crippen molar-refractivity contribution in [2.45, 2.75) is 69.9 Å². The molecule has 2 aliphatic rings. The molecular weight excluding hydrogens is 374 g/mol. The molecule has 0 radical (unpaired) electrons. The molecule has 0 aromatic heterocycles. The highest BCUT2D eigenvalue weighted by Gasteiger charge is 2.45. The van der Waals surface area contributed by atoms with Crippen LogP contribution in [0.1, 0.15) is 46.0 Å². The van der Waals surface area contributed by atoms with Crippen molar-refractivity contribution in [2.24, 2.45) is 17.6 Å². The van der Waals surface area contributed by atoms with Crippen molar-refractivity contribution >= 4 is 5.91 Å². The minimum atomic E-state index is -4.90. The number of nitrogens with two attached hydrogens (primary N) is 1. The van der Waals surface area contributed by atoms with E-state index >= 15 is 0 Å². The molecule has 154 valence electrons. The molecule has 0 bridgehead atoms. The Labute approximate surface area is 154 Å². The molecule has 3 N–H and O–H groups in total. The van der Waals surface area contributed by atoms with Crippen molar-refractivity contribution in [2.75, 3.05) is 0 Å². The molecule has 0 saturated heterocycles. The van der Waals surface area contributed by atoms with Gasteiger partial charge in [-0.1, -0.05) is 18.9 Å². The predicted octanol–water partition coefficient (Wildman–Crippen LogP) is 4.40. The summed E-state index contributed by atoms with van der Waals surface area (Å²) in [6, 6.07) is -0.354. The van der Waals surface area contributed by atoms with Crippen LogP contribution >= 0.6 is 0 Å². The molecule has 1 amide bonds. The average molecular weight is 398 g/mol. The van der Waals surface area contributed by atoms with E-state index in [0.717, 1.165) is 18.9 Å². The zero-order valence-electron chi connectivity index (χ0n) is 15.2. The molecule has 27 heavy (non-hydrogen) atoms. The second-order valence-electron chi connectivity index (χ2n) is 7.86. The maximum Gasteiger partial charge on any atom is 0.416 e. The lowest BCUT2D eigenvalue weighted by molar-refractivity contribution is -0.128. The minimum absolute atomic E-state index is 0.144. The van der Waals surface area contributed by atoms with Gasteiger partial charge >= 0.3 is 12.4 Å². The van der Waals surface area contributed by atoms with Crippen LogP contribution in [0, 0.1) is 11.8 Å². The van der Waals surface area contributed by atoms with Gasteiger partial charge in [0.05, 0.1) is 11.5 Å². The van der Waals surface area contributed by atoms with Gasteiger partial charge in [0.25, 0.3) is 0 Å². The quantitative estimate of drug-likeness (QED) is 0.693. The van der Waals surface area contributed by atoms with Crippen LogP contribution in [0.3, 0.4) is 0 Å². The van der Waals surface area contributed by atoms with Crippen molar-refractivity contribution in [3.8, 4) is 0 Å². The highest BCUT2D eigenvalue weighted by atomic mass is 19.4. The number of carbonyl (C=O) groups excluding carboxylic acids is 1. The van der Waals surface area contributed by atoms with Crippen molar-refractivity contribution in [1.82, 2.24) is 5.32 Å². The van der Waals surface area contributed by atoms with Gasteiger partial charge in [0.1, 0.15) is 0 Å². The van der Waals surface area contributed by atoms with E-state index in [1.165, 1.54) is 13.8 Å². The number of amides is 1. The summed E-state index contributed by atoms with van der Waals surface area (Å²) in [5.74, 6) is -2.05. The Hall–Kier alpha value is -1.51. The van der Waals surface area contributed by atoms with Gasteiger partial charge in [0.2, 0.25) is 5.91 Å². The molecule has 2 aliphatic carbocycles. The average Bonchev–Trinajstić information content (AvgIpc) is 2.52. The second kappa shape index (κ2) is 7.48. The van der Waals surface area contributed by atoms with E-state index in [9.17, 15) is 31.1 Å². The summed E-state index contributed by atoms with van der Waals surface area (Å²) >= 11 is 0. The Bertz CT molecular complexity index is 633. The number of halogens is 6. The summed E-state index contributed by atoms with van der Waals surface area (Å²) in [6.07, 6.45) is -6.54. The molecule has 3 nitrogen and oxygen atoms in total. The van der Waals surface area contributed by atoms with Gasteiger partial charge in [-0.15, -0.1) is 0 Å². The number of nitrogens with one attached hydrogen (secondary N) is 1. The van der Waals surface area contributed by atoms with E-state index in [1.807, 2.05) is 0 Å². The summed E-state index contributed by atoms with van der Waals surface area (Å²) in [5.41, 5.74) is 2.06. The van der Waals surface area contributed by atoms with Crippen LogP contribution in [0.2, 0.25) is 0 Å². The molecule has 0 heterocycles. The summed E-state index contributed by atoms with van der Waals surface area (Å²) in [6.45, 7) is 2.88. The molecule has 3 atom stereocenters. The van der Waals surface area contributed by atoms with Crippen LogP contribution in [-0.4, -0.2) is 29.8 Å². The Morgan fingerprint density at radius 3 is 2.19 bits per heavy atom. The standard InChI is InChI=1S/C18H24F6N2O/c1-16(2,26-15(27)13-5-3-4-6-14(13)25)10-7-11(17(19,20)21)9-12(8-10)18(22,23)24/h7,9-10,13-14H,3-6,8,25H2,1-2H3,(H,26,27)/t10?,13?,14-/m0/s1. The molecule has 0 aromatic carbocycles. The number of carbonyl (C=O) groups is 1. The van der Waals surface area contributed by atoms with Gasteiger partial charge in [-0.25, -0.2) is 0 Å². The first kappa shape index (κ1) is 21.8. The van der Waals surface area contributed by atoms with Crippen LogP contribution in [0.25, 0.3) is 0 Å². The van der Waals surface area contributed by atoms with Crippen LogP contribution in [-0.2, 0) is 4.79 Å². The van der Waals surface area contributed by atoms with E-state index in [0.29, 0.717) is 12.8 Å². The van der Waals surface area contributed by atoms with E-state index in [1.54, 1.807) is 0 Å². The summed E-state index contributed by atoms with van der Waals surface area (Å²) in [4.78, 5) is 12.6. The van der Waals surface area contributed by atoms with Gasteiger partial charge in [0, 0.05) is 23.1 Å². The first-order chi connectivity index (χ1) is 12.2. The lowest BCUT2D eigenvalue weighted by atomic mass is 9.77. The van der Waals surface area contributed by atoms with Crippen molar-refractivity contribution in [3.05, 3.63) is 23.3 Å². The maximum absolute atomic E-state index is 13.1. The van der Waals surface area contributed by atoms with Gasteiger partial charge in [-0.2, -0.15) is 26.3 Å². The largest absolute Gasteiger partial charge is 0.416 e. The van der Waals surface area contributed by atoms with Crippen LogP contribution < -0.4 is 11.1 Å². The molecule has 0 aromatic rings. The molecule has 2 unspecified atom stereocenters.